The minimum absolute atomic E-state index is 0.0924. The van der Waals surface area contributed by atoms with Crippen molar-refractivity contribution in [2.45, 2.75) is 13.3 Å². The lowest BCUT2D eigenvalue weighted by atomic mass is 10.1. The van der Waals surface area contributed by atoms with Gasteiger partial charge in [-0.1, -0.05) is 12.1 Å². The van der Waals surface area contributed by atoms with Crippen LogP contribution in [0.4, 0.5) is 5.69 Å². The van der Waals surface area contributed by atoms with Crippen LogP contribution in [-0.4, -0.2) is 60.0 Å². The molecule has 0 aromatic heterocycles. The van der Waals surface area contributed by atoms with Crippen molar-refractivity contribution in [2.75, 3.05) is 31.5 Å². The van der Waals surface area contributed by atoms with Gasteiger partial charge >= 0.3 is 0 Å². The Morgan fingerprint density at radius 1 is 1.17 bits per heavy atom. The third kappa shape index (κ3) is 4.64. The highest BCUT2D eigenvalue weighted by Gasteiger charge is 2.22. The van der Waals surface area contributed by atoms with Crippen LogP contribution in [0.25, 0.3) is 0 Å². The topological polar surface area (TPSA) is 86.8 Å². The average molecular weight is 317 g/mol. The van der Waals surface area contributed by atoms with Crippen LogP contribution in [0.2, 0.25) is 0 Å². The van der Waals surface area contributed by atoms with E-state index in [0.29, 0.717) is 37.4 Å². The molecule has 7 nitrogen and oxygen atoms in total. The van der Waals surface area contributed by atoms with Crippen molar-refractivity contribution in [2.24, 2.45) is 0 Å². The van der Waals surface area contributed by atoms with Crippen molar-refractivity contribution in [3.63, 3.8) is 0 Å². The van der Waals surface area contributed by atoms with Crippen molar-refractivity contribution in [1.29, 1.82) is 0 Å². The number of piperazine rings is 1. The lowest BCUT2D eigenvalue weighted by Gasteiger charge is -2.32. The van der Waals surface area contributed by atoms with Crippen molar-refractivity contribution in [3.05, 3.63) is 29.8 Å². The third-order valence-corrected chi connectivity index (χ3v) is 3.68. The fourth-order valence-electron chi connectivity index (χ4n) is 2.35. The first kappa shape index (κ1) is 16.7. The molecule has 1 N–H and O–H groups in total. The summed E-state index contributed by atoms with van der Waals surface area (Å²) in [5.41, 5.74) is 0.986. The molecular formula is C16H19N3O4. The minimum Gasteiger partial charge on any atom is -0.342 e. The van der Waals surface area contributed by atoms with E-state index >= 15 is 0 Å². The Labute approximate surface area is 134 Å². The van der Waals surface area contributed by atoms with E-state index in [1.54, 1.807) is 34.1 Å². The maximum atomic E-state index is 12.1. The van der Waals surface area contributed by atoms with Gasteiger partial charge < -0.3 is 15.1 Å². The Kier molecular flexibility index (Phi) is 5.46. The number of amides is 3. The smallest absolute Gasteiger partial charge is 0.233 e. The first-order chi connectivity index (χ1) is 11.0. The first-order valence-corrected chi connectivity index (χ1v) is 7.37. The maximum Gasteiger partial charge on any atom is 0.233 e. The number of nitrogens with one attached hydrogen (secondary N) is 1. The monoisotopic (exact) mass is 317 g/mol. The van der Waals surface area contributed by atoms with Crippen molar-refractivity contribution < 1.29 is 19.2 Å². The van der Waals surface area contributed by atoms with Crippen molar-refractivity contribution in [1.82, 2.24) is 9.80 Å². The molecule has 1 saturated heterocycles. The van der Waals surface area contributed by atoms with Gasteiger partial charge in [0.25, 0.3) is 0 Å². The maximum absolute atomic E-state index is 12.1. The lowest BCUT2D eigenvalue weighted by Crippen LogP contribution is -2.48. The highest BCUT2D eigenvalue weighted by molar-refractivity contribution is 6.04. The van der Waals surface area contributed by atoms with Crippen LogP contribution >= 0.6 is 0 Å². The van der Waals surface area contributed by atoms with Crippen LogP contribution in [0, 0.1) is 0 Å². The van der Waals surface area contributed by atoms with Crippen LogP contribution < -0.4 is 5.32 Å². The lowest BCUT2D eigenvalue weighted by molar-refractivity contribution is -0.137. The molecule has 0 radical (unpaired) electrons. The normalized spacial score (nSPS) is 14.3. The first-order valence-electron chi connectivity index (χ1n) is 7.37. The largest absolute Gasteiger partial charge is 0.342 e. The fraction of sp³-hybridized carbons (Fsp3) is 0.375. The van der Waals surface area contributed by atoms with Crippen LogP contribution in [0.1, 0.15) is 23.7 Å². The Morgan fingerprint density at radius 2 is 1.87 bits per heavy atom. The second-order valence-electron chi connectivity index (χ2n) is 5.38. The summed E-state index contributed by atoms with van der Waals surface area (Å²) in [4.78, 5) is 49.1. The average Bonchev–Trinajstić information content (AvgIpc) is 2.55. The van der Waals surface area contributed by atoms with Crippen LogP contribution in [0.3, 0.4) is 0 Å². The Morgan fingerprint density at radius 3 is 2.48 bits per heavy atom. The van der Waals surface area contributed by atoms with Gasteiger partial charge in [0.2, 0.25) is 18.2 Å². The third-order valence-electron chi connectivity index (χ3n) is 3.68. The molecule has 0 aliphatic carbocycles. The molecule has 0 spiro atoms. The SMILES string of the molecule is CC(=O)c1cccc(NC(=O)CC(=O)N2CCN(C=O)CC2)c1. The number of Topliss-reactive ketones (excluding diaryl/α,β-unsaturated/α-hetero) is 1. The molecule has 0 bridgehead atoms. The van der Waals surface area contributed by atoms with Gasteiger partial charge in [-0.3, -0.25) is 19.2 Å². The molecule has 1 aliphatic rings. The number of hydrogen-bond acceptors (Lipinski definition) is 4. The molecule has 0 atom stereocenters. The summed E-state index contributed by atoms with van der Waals surface area (Å²) in [5, 5.41) is 2.62. The molecule has 7 heteroatoms. The second kappa shape index (κ2) is 7.53. The summed E-state index contributed by atoms with van der Waals surface area (Å²) in [6.07, 6.45) is 0.502. The van der Waals surface area contributed by atoms with Gasteiger partial charge in [0, 0.05) is 37.4 Å². The summed E-state index contributed by atoms with van der Waals surface area (Å²) < 4.78 is 0. The van der Waals surface area contributed by atoms with Crippen molar-refractivity contribution in [3.8, 4) is 0 Å². The number of rotatable bonds is 5. The minimum atomic E-state index is -0.423. The summed E-state index contributed by atoms with van der Waals surface area (Å²) in [5.74, 6) is -0.783. The van der Waals surface area contributed by atoms with E-state index in [-0.39, 0.29) is 18.1 Å². The molecule has 3 amide bonds. The van der Waals surface area contributed by atoms with Crippen LogP contribution in [-0.2, 0) is 14.4 Å². The number of carbonyl (C=O) groups is 4. The van der Waals surface area contributed by atoms with E-state index in [1.807, 2.05) is 0 Å². The van der Waals surface area contributed by atoms with E-state index in [1.165, 1.54) is 6.92 Å². The fourth-order valence-corrected chi connectivity index (χ4v) is 2.35. The summed E-state index contributed by atoms with van der Waals surface area (Å²) >= 11 is 0. The molecule has 1 aliphatic heterocycles. The van der Waals surface area contributed by atoms with E-state index in [2.05, 4.69) is 5.32 Å². The molecule has 23 heavy (non-hydrogen) atoms. The number of ketones is 1. The van der Waals surface area contributed by atoms with Crippen molar-refractivity contribution >= 4 is 29.7 Å². The van der Waals surface area contributed by atoms with Gasteiger partial charge in [0.15, 0.2) is 5.78 Å². The molecular weight excluding hydrogens is 298 g/mol. The standard InChI is InChI=1S/C16H19N3O4/c1-12(21)13-3-2-4-14(9-13)17-15(22)10-16(23)19-7-5-18(11-20)6-8-19/h2-4,9,11H,5-8,10H2,1H3,(H,17,22). The summed E-state index contributed by atoms with van der Waals surface area (Å²) in [6, 6.07) is 6.58. The van der Waals surface area contributed by atoms with E-state index in [4.69, 9.17) is 0 Å². The predicted octanol–water partition coefficient (Wildman–Crippen LogP) is 0.518. The zero-order valence-corrected chi connectivity index (χ0v) is 12.9. The molecule has 0 saturated carbocycles. The predicted molar refractivity (Wildman–Crippen MR) is 83.9 cm³/mol. The van der Waals surface area contributed by atoms with E-state index in [9.17, 15) is 19.2 Å². The summed E-state index contributed by atoms with van der Waals surface area (Å²) in [7, 11) is 0. The Balaban J connectivity index is 1.87. The quantitative estimate of drug-likeness (QED) is 0.487. The number of carbonyl (C=O) groups excluding carboxylic acids is 4. The van der Waals surface area contributed by atoms with Gasteiger partial charge in [-0.05, 0) is 19.1 Å². The number of hydrogen-bond donors (Lipinski definition) is 1. The second-order valence-corrected chi connectivity index (χ2v) is 5.38. The number of anilines is 1. The van der Waals surface area contributed by atoms with Crippen LogP contribution in [0.15, 0.2) is 24.3 Å². The number of nitrogens with zero attached hydrogens (tertiary/aromatic N) is 2. The zero-order valence-electron chi connectivity index (χ0n) is 12.9. The van der Waals surface area contributed by atoms with E-state index < -0.39 is 5.91 Å². The van der Waals surface area contributed by atoms with Gasteiger partial charge in [0.05, 0.1) is 0 Å². The van der Waals surface area contributed by atoms with Gasteiger partial charge in [-0.2, -0.15) is 0 Å². The molecule has 122 valence electrons. The van der Waals surface area contributed by atoms with Gasteiger partial charge in [-0.15, -0.1) is 0 Å². The molecule has 1 heterocycles. The van der Waals surface area contributed by atoms with Gasteiger partial charge in [0.1, 0.15) is 6.42 Å². The van der Waals surface area contributed by atoms with E-state index in [0.717, 1.165) is 6.41 Å². The Bertz CT molecular complexity index is 622. The molecule has 1 aromatic rings. The zero-order chi connectivity index (χ0) is 16.8. The molecule has 0 unspecified atom stereocenters. The number of benzene rings is 1. The highest BCUT2D eigenvalue weighted by atomic mass is 16.2. The summed E-state index contributed by atoms with van der Waals surface area (Å²) in [6.45, 7) is 3.29. The van der Waals surface area contributed by atoms with Crippen LogP contribution in [0.5, 0.6) is 0 Å². The molecule has 1 fully saturated rings. The Hall–Kier alpha value is -2.70. The molecule has 2 rings (SSSR count). The molecule has 1 aromatic carbocycles. The van der Waals surface area contributed by atoms with Gasteiger partial charge in [-0.25, -0.2) is 0 Å². The highest BCUT2D eigenvalue weighted by Crippen LogP contribution is 2.12.